The molecule has 1 unspecified atom stereocenters. The highest BCUT2D eigenvalue weighted by molar-refractivity contribution is 4.43. The van der Waals surface area contributed by atoms with Crippen LogP contribution < -0.4 is 0 Å². The summed E-state index contributed by atoms with van der Waals surface area (Å²) >= 11 is 0. The van der Waals surface area contributed by atoms with Crippen molar-refractivity contribution in [3.63, 3.8) is 0 Å². The molecule has 0 rings (SSSR count). The molecule has 17 heavy (non-hydrogen) atoms. The van der Waals surface area contributed by atoms with Crippen molar-refractivity contribution < 1.29 is 24.1 Å². The molecule has 1 N–H and O–H groups in total. The quantitative estimate of drug-likeness (QED) is 0.491. The Bertz CT molecular complexity index is 143. The molecular weight excluding hydrogens is 224 g/mol. The van der Waals surface area contributed by atoms with Crippen molar-refractivity contribution in [1.82, 2.24) is 0 Å². The number of aliphatic hydroxyl groups is 1. The zero-order chi connectivity index (χ0) is 12.8. The number of ether oxygens (including phenoxy) is 4. The van der Waals surface area contributed by atoms with E-state index < -0.39 is 0 Å². The van der Waals surface area contributed by atoms with E-state index in [9.17, 15) is 0 Å². The van der Waals surface area contributed by atoms with Crippen LogP contribution >= 0.6 is 0 Å². The summed E-state index contributed by atoms with van der Waals surface area (Å²) in [4.78, 5) is 0. The first-order chi connectivity index (χ1) is 8.31. The van der Waals surface area contributed by atoms with E-state index in [1.807, 2.05) is 0 Å². The van der Waals surface area contributed by atoms with Gasteiger partial charge in [-0.15, -0.1) is 0 Å². The van der Waals surface area contributed by atoms with Gasteiger partial charge in [-0.05, 0) is 13.3 Å². The topological polar surface area (TPSA) is 57.2 Å². The van der Waals surface area contributed by atoms with Crippen molar-refractivity contribution in [2.45, 2.75) is 26.4 Å². The van der Waals surface area contributed by atoms with Crippen molar-refractivity contribution in [2.75, 3.05) is 52.9 Å². The maximum absolute atomic E-state index is 8.45. The minimum absolute atomic E-state index is 0.0549. The summed E-state index contributed by atoms with van der Waals surface area (Å²) in [6, 6.07) is 0. The van der Waals surface area contributed by atoms with Crippen LogP contribution in [0.4, 0.5) is 0 Å². The van der Waals surface area contributed by atoms with Crippen LogP contribution in [0.2, 0.25) is 0 Å². The zero-order valence-electron chi connectivity index (χ0n) is 11.0. The fourth-order valence-corrected chi connectivity index (χ4v) is 1.03. The molecule has 0 saturated carbocycles. The van der Waals surface area contributed by atoms with Gasteiger partial charge in [0.15, 0.2) is 0 Å². The molecule has 0 spiro atoms. The highest BCUT2D eigenvalue weighted by atomic mass is 16.6. The monoisotopic (exact) mass is 250 g/mol. The summed E-state index contributed by atoms with van der Waals surface area (Å²) in [5.74, 6) is 0. The van der Waals surface area contributed by atoms with Crippen molar-refractivity contribution in [2.24, 2.45) is 0 Å². The van der Waals surface area contributed by atoms with Gasteiger partial charge in [0.1, 0.15) is 0 Å². The van der Waals surface area contributed by atoms with Crippen molar-refractivity contribution in [3.8, 4) is 0 Å². The summed E-state index contributed by atoms with van der Waals surface area (Å²) in [6.07, 6.45) is 1.33. The first-order valence-corrected chi connectivity index (χ1v) is 6.27. The summed E-state index contributed by atoms with van der Waals surface area (Å²) in [7, 11) is 0. The average Bonchev–Trinajstić information content (AvgIpc) is 2.35. The highest BCUT2D eigenvalue weighted by Gasteiger charge is 1.97. The number of hydrogen-bond donors (Lipinski definition) is 1. The van der Waals surface area contributed by atoms with E-state index in [2.05, 4.69) is 13.8 Å². The lowest BCUT2D eigenvalue weighted by Gasteiger charge is -2.10. The lowest BCUT2D eigenvalue weighted by atomic mass is 10.3. The Labute approximate surface area is 104 Å². The van der Waals surface area contributed by atoms with Gasteiger partial charge in [-0.2, -0.15) is 0 Å². The summed E-state index contributed by atoms with van der Waals surface area (Å²) < 4.78 is 21.1. The van der Waals surface area contributed by atoms with Gasteiger partial charge in [-0.25, -0.2) is 0 Å². The molecule has 0 heterocycles. The third-order valence-electron chi connectivity index (χ3n) is 2.18. The van der Waals surface area contributed by atoms with E-state index in [4.69, 9.17) is 24.1 Å². The Hall–Kier alpha value is -0.200. The molecule has 0 aliphatic heterocycles. The van der Waals surface area contributed by atoms with Crippen LogP contribution in [0.25, 0.3) is 0 Å². The third-order valence-corrected chi connectivity index (χ3v) is 2.18. The molecule has 0 saturated heterocycles. The number of aliphatic hydroxyl groups excluding tert-OH is 1. The Morgan fingerprint density at radius 2 is 1.29 bits per heavy atom. The molecule has 0 fully saturated rings. The number of hydrogen-bond acceptors (Lipinski definition) is 5. The molecule has 0 aromatic carbocycles. The second kappa shape index (κ2) is 13.9. The van der Waals surface area contributed by atoms with Crippen LogP contribution in [-0.4, -0.2) is 64.1 Å². The van der Waals surface area contributed by atoms with Crippen molar-refractivity contribution in [3.05, 3.63) is 0 Å². The maximum atomic E-state index is 8.45. The van der Waals surface area contributed by atoms with Crippen LogP contribution in [0.3, 0.4) is 0 Å². The fraction of sp³-hybridized carbons (Fsp3) is 1.00. The van der Waals surface area contributed by atoms with Gasteiger partial charge >= 0.3 is 0 Å². The molecule has 0 bridgehead atoms. The minimum atomic E-state index is 0.0549. The molecule has 0 aliphatic rings. The van der Waals surface area contributed by atoms with E-state index in [0.29, 0.717) is 52.4 Å². The SMILES string of the molecule is CCC(C)OCCOCCOCCOCCO. The Morgan fingerprint density at radius 1 is 0.824 bits per heavy atom. The van der Waals surface area contributed by atoms with Gasteiger partial charge in [-0.1, -0.05) is 6.92 Å². The molecule has 104 valence electrons. The lowest BCUT2D eigenvalue weighted by Crippen LogP contribution is -2.14. The molecule has 0 amide bonds. The molecular formula is C12H26O5. The Balaban J connectivity index is 2.94. The standard InChI is InChI=1S/C12H26O5/c1-3-12(2)17-11-10-16-9-8-15-7-6-14-5-4-13/h12-13H,3-11H2,1-2H3. The van der Waals surface area contributed by atoms with Gasteiger partial charge in [0.25, 0.3) is 0 Å². The minimum Gasteiger partial charge on any atom is -0.394 e. The van der Waals surface area contributed by atoms with Crippen LogP contribution in [0.1, 0.15) is 20.3 Å². The van der Waals surface area contributed by atoms with Gasteiger partial charge in [0.2, 0.25) is 0 Å². The van der Waals surface area contributed by atoms with E-state index in [1.165, 1.54) is 0 Å². The molecule has 5 nitrogen and oxygen atoms in total. The first-order valence-electron chi connectivity index (χ1n) is 6.27. The molecule has 0 aliphatic carbocycles. The van der Waals surface area contributed by atoms with Gasteiger partial charge in [-0.3, -0.25) is 0 Å². The first kappa shape index (κ1) is 16.8. The van der Waals surface area contributed by atoms with Gasteiger partial charge in [0, 0.05) is 0 Å². The van der Waals surface area contributed by atoms with E-state index in [0.717, 1.165) is 6.42 Å². The van der Waals surface area contributed by atoms with E-state index in [1.54, 1.807) is 0 Å². The van der Waals surface area contributed by atoms with Crippen LogP contribution in [0.15, 0.2) is 0 Å². The maximum Gasteiger partial charge on any atom is 0.0704 e. The largest absolute Gasteiger partial charge is 0.394 e. The molecule has 5 heteroatoms. The van der Waals surface area contributed by atoms with Crippen LogP contribution in [0, 0.1) is 0 Å². The molecule has 0 aromatic rings. The Kier molecular flexibility index (Phi) is 13.7. The van der Waals surface area contributed by atoms with E-state index in [-0.39, 0.29) is 6.61 Å². The van der Waals surface area contributed by atoms with E-state index >= 15 is 0 Å². The highest BCUT2D eigenvalue weighted by Crippen LogP contribution is 1.94. The predicted octanol–water partition coefficient (Wildman–Crippen LogP) is 0.844. The lowest BCUT2D eigenvalue weighted by molar-refractivity contribution is -0.0174. The second-order valence-electron chi connectivity index (χ2n) is 3.65. The predicted molar refractivity (Wildman–Crippen MR) is 65.2 cm³/mol. The normalized spacial score (nSPS) is 12.9. The fourth-order valence-electron chi connectivity index (χ4n) is 1.03. The zero-order valence-corrected chi connectivity index (χ0v) is 11.0. The Morgan fingerprint density at radius 3 is 1.76 bits per heavy atom. The second-order valence-corrected chi connectivity index (χ2v) is 3.65. The summed E-state index contributed by atoms with van der Waals surface area (Å²) in [5.41, 5.74) is 0. The van der Waals surface area contributed by atoms with Crippen LogP contribution in [0.5, 0.6) is 0 Å². The van der Waals surface area contributed by atoms with Gasteiger partial charge < -0.3 is 24.1 Å². The smallest absolute Gasteiger partial charge is 0.0704 e. The molecule has 1 atom stereocenters. The van der Waals surface area contributed by atoms with Crippen molar-refractivity contribution in [1.29, 1.82) is 0 Å². The van der Waals surface area contributed by atoms with Crippen LogP contribution in [-0.2, 0) is 18.9 Å². The third kappa shape index (κ3) is 13.7. The average molecular weight is 250 g/mol. The van der Waals surface area contributed by atoms with Gasteiger partial charge in [0.05, 0.1) is 59.0 Å². The molecule has 0 aromatic heterocycles. The van der Waals surface area contributed by atoms with Crippen molar-refractivity contribution >= 4 is 0 Å². The summed E-state index contributed by atoms with van der Waals surface area (Å²) in [6.45, 7) is 7.99. The molecule has 0 radical (unpaired) electrons. The number of rotatable bonds is 13. The summed E-state index contributed by atoms with van der Waals surface area (Å²) in [5, 5.41) is 8.45.